The van der Waals surface area contributed by atoms with Crippen molar-refractivity contribution in [2.24, 2.45) is 5.41 Å². The standard InChI is InChI=1S/C11H19BrN2O3S/c1-8-10(9(2)17-14-8)18(15,16)13-7-11(3,4)5-6-12/h13H,5-7H2,1-4H3. The summed E-state index contributed by atoms with van der Waals surface area (Å²) < 4.78 is 31.8. The predicted molar refractivity (Wildman–Crippen MR) is 73.4 cm³/mol. The third-order valence-electron chi connectivity index (χ3n) is 2.75. The van der Waals surface area contributed by atoms with Gasteiger partial charge in [0, 0.05) is 11.9 Å². The number of sulfonamides is 1. The Morgan fingerprint density at radius 3 is 2.44 bits per heavy atom. The molecule has 0 radical (unpaired) electrons. The van der Waals surface area contributed by atoms with Gasteiger partial charge < -0.3 is 4.52 Å². The fourth-order valence-electron chi connectivity index (χ4n) is 1.57. The van der Waals surface area contributed by atoms with E-state index in [9.17, 15) is 8.42 Å². The van der Waals surface area contributed by atoms with Crippen molar-refractivity contribution < 1.29 is 12.9 Å². The highest BCUT2D eigenvalue weighted by atomic mass is 79.9. The maximum Gasteiger partial charge on any atom is 0.245 e. The van der Waals surface area contributed by atoms with Crippen LogP contribution in [0.1, 0.15) is 31.7 Å². The lowest BCUT2D eigenvalue weighted by Crippen LogP contribution is -2.34. The van der Waals surface area contributed by atoms with E-state index in [4.69, 9.17) is 4.52 Å². The highest BCUT2D eigenvalue weighted by Crippen LogP contribution is 2.23. The fraction of sp³-hybridized carbons (Fsp3) is 0.727. The molecule has 0 aliphatic heterocycles. The molecule has 18 heavy (non-hydrogen) atoms. The molecule has 104 valence electrons. The first-order valence-electron chi connectivity index (χ1n) is 5.68. The van der Waals surface area contributed by atoms with Crippen LogP contribution in [0.15, 0.2) is 9.42 Å². The monoisotopic (exact) mass is 338 g/mol. The van der Waals surface area contributed by atoms with Gasteiger partial charge in [-0.25, -0.2) is 13.1 Å². The minimum Gasteiger partial charge on any atom is -0.360 e. The lowest BCUT2D eigenvalue weighted by Gasteiger charge is -2.23. The summed E-state index contributed by atoms with van der Waals surface area (Å²) in [6.45, 7) is 7.63. The minimum atomic E-state index is -3.55. The molecular formula is C11H19BrN2O3S. The van der Waals surface area contributed by atoms with Crippen molar-refractivity contribution in [1.82, 2.24) is 9.88 Å². The van der Waals surface area contributed by atoms with Crippen LogP contribution in [0.4, 0.5) is 0 Å². The summed E-state index contributed by atoms with van der Waals surface area (Å²) in [4.78, 5) is 0.150. The Hall–Kier alpha value is -0.400. The average Bonchev–Trinajstić information content (AvgIpc) is 2.56. The fourth-order valence-corrected chi connectivity index (χ4v) is 4.21. The highest BCUT2D eigenvalue weighted by molar-refractivity contribution is 9.09. The van der Waals surface area contributed by atoms with Gasteiger partial charge in [-0.15, -0.1) is 0 Å². The van der Waals surface area contributed by atoms with Gasteiger partial charge in [-0.1, -0.05) is 34.9 Å². The zero-order valence-electron chi connectivity index (χ0n) is 11.1. The zero-order valence-corrected chi connectivity index (χ0v) is 13.5. The van der Waals surface area contributed by atoms with Crippen molar-refractivity contribution in [3.63, 3.8) is 0 Å². The van der Waals surface area contributed by atoms with E-state index < -0.39 is 10.0 Å². The van der Waals surface area contributed by atoms with E-state index in [1.165, 1.54) is 0 Å². The summed E-state index contributed by atoms with van der Waals surface area (Å²) >= 11 is 3.37. The van der Waals surface area contributed by atoms with E-state index in [0.29, 0.717) is 18.0 Å². The molecule has 0 bridgehead atoms. The lowest BCUT2D eigenvalue weighted by atomic mass is 9.91. The molecule has 1 aromatic rings. The molecule has 1 N–H and O–H groups in total. The number of aryl methyl sites for hydroxylation is 2. The van der Waals surface area contributed by atoms with Crippen LogP contribution in [0.3, 0.4) is 0 Å². The summed E-state index contributed by atoms with van der Waals surface area (Å²) in [6.07, 6.45) is 0.886. The van der Waals surface area contributed by atoms with Gasteiger partial charge in [-0.2, -0.15) is 0 Å². The number of nitrogens with one attached hydrogen (secondary N) is 1. The normalized spacial score (nSPS) is 12.9. The van der Waals surface area contributed by atoms with Crippen LogP contribution in [0.5, 0.6) is 0 Å². The maximum absolute atomic E-state index is 12.2. The zero-order chi connectivity index (χ0) is 14.0. The van der Waals surface area contributed by atoms with Crippen molar-refractivity contribution in [3.05, 3.63) is 11.5 Å². The number of halogens is 1. The van der Waals surface area contributed by atoms with E-state index in [-0.39, 0.29) is 10.3 Å². The van der Waals surface area contributed by atoms with E-state index in [0.717, 1.165) is 11.8 Å². The van der Waals surface area contributed by atoms with Gasteiger partial charge in [0.15, 0.2) is 5.76 Å². The molecule has 0 aromatic carbocycles. The minimum absolute atomic E-state index is 0.102. The van der Waals surface area contributed by atoms with Gasteiger partial charge in [0.1, 0.15) is 10.6 Å². The van der Waals surface area contributed by atoms with Crippen molar-refractivity contribution in [3.8, 4) is 0 Å². The number of hydrogen-bond acceptors (Lipinski definition) is 4. The summed E-state index contributed by atoms with van der Waals surface area (Å²) in [5, 5.41) is 4.50. The third-order valence-corrected chi connectivity index (χ3v) is 4.79. The van der Waals surface area contributed by atoms with Crippen LogP contribution in [0, 0.1) is 19.3 Å². The summed E-state index contributed by atoms with van der Waals surface area (Å²) in [5.74, 6) is 0.318. The smallest absolute Gasteiger partial charge is 0.245 e. The molecule has 0 amide bonds. The molecular weight excluding hydrogens is 320 g/mol. The second kappa shape index (κ2) is 5.71. The molecule has 0 saturated heterocycles. The third kappa shape index (κ3) is 3.80. The SMILES string of the molecule is Cc1noc(C)c1S(=O)(=O)NCC(C)(C)CCBr. The summed E-state index contributed by atoms with van der Waals surface area (Å²) in [5.41, 5.74) is 0.286. The van der Waals surface area contributed by atoms with E-state index in [1.807, 2.05) is 13.8 Å². The number of hydrogen-bond donors (Lipinski definition) is 1. The van der Waals surface area contributed by atoms with Crippen molar-refractivity contribution >= 4 is 26.0 Å². The molecule has 0 aliphatic rings. The molecule has 0 fully saturated rings. The van der Waals surface area contributed by atoms with E-state index >= 15 is 0 Å². The van der Waals surface area contributed by atoms with Crippen molar-refractivity contribution in [1.29, 1.82) is 0 Å². The van der Waals surface area contributed by atoms with E-state index in [1.54, 1.807) is 13.8 Å². The number of alkyl halides is 1. The molecule has 5 nitrogen and oxygen atoms in total. The first kappa shape index (κ1) is 15.7. The van der Waals surface area contributed by atoms with Crippen LogP contribution in [-0.2, 0) is 10.0 Å². The highest BCUT2D eigenvalue weighted by Gasteiger charge is 2.26. The van der Waals surface area contributed by atoms with Crippen LogP contribution in [0.25, 0.3) is 0 Å². The summed E-state index contributed by atoms with van der Waals surface area (Å²) in [6, 6.07) is 0. The van der Waals surface area contributed by atoms with Crippen LogP contribution in [0.2, 0.25) is 0 Å². The second-order valence-corrected chi connectivity index (χ2v) is 7.58. The Balaban J connectivity index is 2.84. The Kier molecular flexibility index (Phi) is 4.97. The molecule has 0 aliphatic carbocycles. The molecule has 1 heterocycles. The Morgan fingerprint density at radius 2 is 2.00 bits per heavy atom. The van der Waals surface area contributed by atoms with Gasteiger partial charge >= 0.3 is 0 Å². The Bertz CT molecular complexity index is 489. The molecule has 0 saturated carbocycles. The van der Waals surface area contributed by atoms with E-state index in [2.05, 4.69) is 25.8 Å². The Morgan fingerprint density at radius 1 is 1.39 bits per heavy atom. The van der Waals surface area contributed by atoms with Crippen LogP contribution >= 0.6 is 15.9 Å². The molecule has 1 aromatic heterocycles. The quantitative estimate of drug-likeness (QED) is 0.808. The van der Waals surface area contributed by atoms with Gasteiger partial charge in [0.05, 0.1) is 0 Å². The first-order chi connectivity index (χ1) is 8.19. The van der Waals surface area contributed by atoms with Crippen molar-refractivity contribution in [2.75, 3.05) is 11.9 Å². The number of nitrogens with zero attached hydrogens (tertiary/aromatic N) is 1. The van der Waals surface area contributed by atoms with Gasteiger partial charge in [0.2, 0.25) is 10.0 Å². The number of rotatable bonds is 6. The Labute approximate surface area is 116 Å². The molecule has 1 rings (SSSR count). The molecule has 0 atom stereocenters. The van der Waals surface area contributed by atoms with Crippen LogP contribution < -0.4 is 4.72 Å². The second-order valence-electron chi connectivity index (χ2n) is 5.08. The molecule has 0 unspecified atom stereocenters. The summed E-state index contributed by atoms with van der Waals surface area (Å²) in [7, 11) is -3.55. The van der Waals surface area contributed by atoms with Gasteiger partial charge in [0.25, 0.3) is 0 Å². The lowest BCUT2D eigenvalue weighted by molar-refractivity contribution is 0.354. The largest absolute Gasteiger partial charge is 0.360 e. The van der Waals surface area contributed by atoms with Gasteiger partial charge in [-0.05, 0) is 25.7 Å². The van der Waals surface area contributed by atoms with Gasteiger partial charge in [-0.3, -0.25) is 0 Å². The maximum atomic E-state index is 12.2. The topological polar surface area (TPSA) is 72.2 Å². The average molecular weight is 339 g/mol. The molecule has 7 heteroatoms. The van der Waals surface area contributed by atoms with Crippen molar-refractivity contribution in [2.45, 2.75) is 39.0 Å². The van der Waals surface area contributed by atoms with Crippen LogP contribution in [-0.4, -0.2) is 25.4 Å². The first-order valence-corrected chi connectivity index (χ1v) is 8.28. The number of aromatic nitrogens is 1. The predicted octanol–water partition coefficient (Wildman–Crippen LogP) is 2.38. The molecule has 0 spiro atoms.